The second-order valence-electron chi connectivity index (χ2n) is 4.55. The fourth-order valence-corrected chi connectivity index (χ4v) is 2.06. The van der Waals surface area contributed by atoms with E-state index < -0.39 is 15.9 Å². The Morgan fingerprint density at radius 3 is 2.21 bits per heavy atom. The minimum absolute atomic E-state index is 0.00908. The Hall–Kier alpha value is -3.49. The number of anilines is 2. The molecule has 0 spiro atoms. The van der Waals surface area contributed by atoms with Crippen molar-refractivity contribution >= 4 is 28.8 Å². The Kier molecular flexibility index (Phi) is 5.05. The van der Waals surface area contributed by atoms with E-state index in [1.807, 2.05) is 0 Å². The van der Waals surface area contributed by atoms with Crippen LogP contribution >= 0.6 is 0 Å². The highest BCUT2D eigenvalue weighted by molar-refractivity contribution is 5.98. The summed E-state index contributed by atoms with van der Waals surface area (Å²) in [7, 11) is 0. The zero-order chi connectivity index (χ0) is 17.7. The van der Waals surface area contributed by atoms with Gasteiger partial charge in [-0.25, -0.2) is 9.69 Å². The number of nitro benzene ring substituents is 2. The van der Waals surface area contributed by atoms with Crippen LogP contribution in [0.2, 0.25) is 0 Å². The molecule has 0 fully saturated rings. The van der Waals surface area contributed by atoms with E-state index in [1.54, 1.807) is 13.0 Å². The third-order valence-corrected chi connectivity index (χ3v) is 3.09. The number of nitro groups is 2. The highest BCUT2D eigenvalue weighted by Crippen LogP contribution is 2.34. The molecular formula is C15H13N3O6. The molecule has 9 heteroatoms. The molecule has 0 saturated heterocycles. The monoisotopic (exact) mass is 331 g/mol. The van der Waals surface area contributed by atoms with E-state index in [0.717, 1.165) is 4.90 Å². The number of ether oxygens (including phenoxy) is 1. The molecule has 0 radical (unpaired) electrons. The van der Waals surface area contributed by atoms with Crippen LogP contribution in [0.1, 0.15) is 6.92 Å². The van der Waals surface area contributed by atoms with E-state index in [2.05, 4.69) is 0 Å². The van der Waals surface area contributed by atoms with Gasteiger partial charge in [0, 0.05) is 18.2 Å². The SMILES string of the molecule is CCOC(=O)N(c1ccc([N+](=O)[O-])cc1)c1ccccc1[N+](=O)[O-]. The Balaban J connectivity index is 2.56. The predicted molar refractivity (Wildman–Crippen MR) is 85.4 cm³/mol. The van der Waals surface area contributed by atoms with Gasteiger partial charge in [-0.15, -0.1) is 0 Å². The highest BCUT2D eigenvalue weighted by Gasteiger charge is 2.27. The van der Waals surface area contributed by atoms with Gasteiger partial charge in [0.15, 0.2) is 0 Å². The lowest BCUT2D eigenvalue weighted by Crippen LogP contribution is -2.27. The van der Waals surface area contributed by atoms with E-state index in [1.165, 1.54) is 42.5 Å². The van der Waals surface area contributed by atoms with Crippen molar-refractivity contribution in [1.82, 2.24) is 0 Å². The third-order valence-electron chi connectivity index (χ3n) is 3.09. The predicted octanol–water partition coefficient (Wildman–Crippen LogP) is 3.80. The smallest absolute Gasteiger partial charge is 0.419 e. The molecule has 0 bridgehead atoms. The van der Waals surface area contributed by atoms with E-state index in [-0.39, 0.29) is 29.4 Å². The van der Waals surface area contributed by atoms with Gasteiger partial charge in [-0.1, -0.05) is 12.1 Å². The molecule has 0 N–H and O–H groups in total. The molecule has 24 heavy (non-hydrogen) atoms. The summed E-state index contributed by atoms with van der Waals surface area (Å²) in [6.45, 7) is 1.67. The van der Waals surface area contributed by atoms with Crippen molar-refractivity contribution in [2.24, 2.45) is 0 Å². The fraction of sp³-hybridized carbons (Fsp3) is 0.133. The first-order chi connectivity index (χ1) is 11.5. The largest absolute Gasteiger partial charge is 0.449 e. The lowest BCUT2D eigenvalue weighted by atomic mass is 10.2. The van der Waals surface area contributed by atoms with Crippen molar-refractivity contribution in [3.63, 3.8) is 0 Å². The van der Waals surface area contributed by atoms with Gasteiger partial charge in [0.25, 0.3) is 11.4 Å². The molecule has 0 aliphatic rings. The van der Waals surface area contributed by atoms with Crippen LogP contribution < -0.4 is 4.90 Å². The number of non-ortho nitro benzene ring substituents is 1. The van der Waals surface area contributed by atoms with Crippen LogP contribution in [0.4, 0.5) is 27.5 Å². The van der Waals surface area contributed by atoms with Gasteiger partial charge in [-0.2, -0.15) is 0 Å². The van der Waals surface area contributed by atoms with Crippen molar-refractivity contribution in [3.8, 4) is 0 Å². The molecule has 0 aliphatic heterocycles. The maximum Gasteiger partial charge on any atom is 0.419 e. The average molecular weight is 331 g/mol. The van der Waals surface area contributed by atoms with Crippen molar-refractivity contribution in [3.05, 3.63) is 68.8 Å². The minimum Gasteiger partial charge on any atom is -0.449 e. The first-order valence-corrected chi connectivity index (χ1v) is 6.90. The number of hydrogen-bond donors (Lipinski definition) is 0. The number of carbonyl (C=O) groups excluding carboxylic acids is 1. The summed E-state index contributed by atoms with van der Waals surface area (Å²) >= 11 is 0. The number of amides is 1. The quantitative estimate of drug-likeness (QED) is 0.607. The van der Waals surface area contributed by atoms with Crippen LogP contribution in [-0.2, 0) is 4.74 Å². The van der Waals surface area contributed by atoms with Gasteiger partial charge in [-0.3, -0.25) is 20.2 Å². The number of hydrogen-bond acceptors (Lipinski definition) is 6. The van der Waals surface area contributed by atoms with Gasteiger partial charge in [0.1, 0.15) is 5.69 Å². The molecule has 9 nitrogen and oxygen atoms in total. The fourth-order valence-electron chi connectivity index (χ4n) is 2.06. The number of para-hydroxylation sites is 2. The van der Waals surface area contributed by atoms with Gasteiger partial charge in [0.05, 0.1) is 22.1 Å². The van der Waals surface area contributed by atoms with Gasteiger partial charge in [-0.05, 0) is 25.1 Å². The lowest BCUT2D eigenvalue weighted by molar-refractivity contribution is -0.384. The van der Waals surface area contributed by atoms with Crippen LogP contribution in [0.3, 0.4) is 0 Å². The number of rotatable bonds is 5. The van der Waals surface area contributed by atoms with Crippen molar-refractivity contribution in [2.75, 3.05) is 11.5 Å². The maximum atomic E-state index is 12.3. The summed E-state index contributed by atoms with van der Waals surface area (Å²) in [4.78, 5) is 34.1. The zero-order valence-corrected chi connectivity index (χ0v) is 12.6. The first-order valence-electron chi connectivity index (χ1n) is 6.90. The zero-order valence-electron chi connectivity index (χ0n) is 12.6. The molecule has 1 amide bonds. The molecule has 2 aromatic carbocycles. The second-order valence-corrected chi connectivity index (χ2v) is 4.55. The molecule has 0 unspecified atom stereocenters. The first kappa shape index (κ1) is 16.9. The summed E-state index contributed by atoms with van der Waals surface area (Å²) in [5, 5.41) is 22.0. The van der Waals surface area contributed by atoms with E-state index in [4.69, 9.17) is 4.74 Å². The molecule has 124 valence electrons. The Morgan fingerprint density at radius 1 is 1.04 bits per heavy atom. The van der Waals surface area contributed by atoms with E-state index >= 15 is 0 Å². The summed E-state index contributed by atoms with van der Waals surface area (Å²) in [5.74, 6) is 0. The van der Waals surface area contributed by atoms with E-state index in [9.17, 15) is 25.0 Å². The molecule has 0 saturated carbocycles. The average Bonchev–Trinajstić information content (AvgIpc) is 2.56. The van der Waals surface area contributed by atoms with Crippen LogP contribution in [0.15, 0.2) is 48.5 Å². The Morgan fingerprint density at radius 2 is 1.67 bits per heavy atom. The second kappa shape index (κ2) is 7.18. The van der Waals surface area contributed by atoms with Gasteiger partial charge >= 0.3 is 6.09 Å². The summed E-state index contributed by atoms with van der Waals surface area (Å²) in [6, 6.07) is 10.7. The topological polar surface area (TPSA) is 116 Å². The van der Waals surface area contributed by atoms with Gasteiger partial charge < -0.3 is 4.74 Å². The molecule has 0 atom stereocenters. The molecule has 2 aromatic rings. The molecule has 0 heterocycles. The van der Waals surface area contributed by atoms with Crippen molar-refractivity contribution in [2.45, 2.75) is 6.92 Å². The number of nitrogens with zero attached hydrogens (tertiary/aromatic N) is 3. The Bertz CT molecular complexity index is 775. The highest BCUT2D eigenvalue weighted by atomic mass is 16.6. The lowest BCUT2D eigenvalue weighted by Gasteiger charge is -2.21. The summed E-state index contributed by atoms with van der Waals surface area (Å²) in [5.41, 5.74) is -0.225. The number of benzene rings is 2. The number of carbonyl (C=O) groups is 1. The molecule has 0 aromatic heterocycles. The Labute approximate surface area is 136 Å². The van der Waals surface area contributed by atoms with Crippen LogP contribution in [0, 0.1) is 20.2 Å². The summed E-state index contributed by atoms with van der Waals surface area (Å²) < 4.78 is 4.96. The maximum absolute atomic E-state index is 12.3. The summed E-state index contributed by atoms with van der Waals surface area (Å²) in [6.07, 6.45) is -0.819. The standard InChI is InChI=1S/C15H13N3O6/c1-2-24-15(19)16(11-7-9-12(10-8-11)17(20)21)13-5-3-4-6-14(13)18(22)23/h3-10H,2H2,1H3. The van der Waals surface area contributed by atoms with Crippen LogP contribution in [0.25, 0.3) is 0 Å². The van der Waals surface area contributed by atoms with Crippen LogP contribution in [0.5, 0.6) is 0 Å². The normalized spacial score (nSPS) is 10.0. The molecule has 0 aliphatic carbocycles. The van der Waals surface area contributed by atoms with Crippen molar-refractivity contribution in [1.29, 1.82) is 0 Å². The third kappa shape index (κ3) is 3.46. The van der Waals surface area contributed by atoms with Crippen LogP contribution in [-0.4, -0.2) is 22.5 Å². The van der Waals surface area contributed by atoms with Gasteiger partial charge in [0.2, 0.25) is 0 Å². The molecule has 2 rings (SSSR count). The molecular weight excluding hydrogens is 318 g/mol. The van der Waals surface area contributed by atoms with Crippen molar-refractivity contribution < 1.29 is 19.4 Å². The minimum atomic E-state index is -0.819. The van der Waals surface area contributed by atoms with E-state index in [0.29, 0.717) is 0 Å².